The molecule has 0 spiro atoms. The predicted molar refractivity (Wildman–Crippen MR) is 148 cm³/mol. The van der Waals surface area contributed by atoms with Gasteiger partial charge in [0.15, 0.2) is 0 Å². The van der Waals surface area contributed by atoms with Gasteiger partial charge in [0, 0.05) is 0 Å². The smallest absolute Gasteiger partial charge is 0.0259 e. The van der Waals surface area contributed by atoms with E-state index in [0.717, 1.165) is 6.42 Å². The van der Waals surface area contributed by atoms with Crippen LogP contribution in [-0.4, -0.2) is 3.21 Å². The normalized spacial score (nSPS) is 13.7. The van der Waals surface area contributed by atoms with Gasteiger partial charge in [0.05, 0.1) is 0 Å². The summed E-state index contributed by atoms with van der Waals surface area (Å²) in [5.41, 5.74) is 5.07. The number of benzene rings is 4. The third kappa shape index (κ3) is 5.98. The van der Waals surface area contributed by atoms with Gasteiger partial charge in [-0.05, 0) is 11.1 Å². The molecular weight excluding hydrogens is 500 g/mol. The Balaban J connectivity index is 0.000000210. The van der Waals surface area contributed by atoms with Gasteiger partial charge in [0.25, 0.3) is 0 Å². The molecule has 1 heteroatoms. The molecule has 0 aliphatic heterocycles. The van der Waals surface area contributed by atoms with Crippen LogP contribution >= 0.6 is 0 Å². The van der Waals surface area contributed by atoms with Crippen LogP contribution in [0.2, 0.25) is 0 Å². The van der Waals surface area contributed by atoms with E-state index < -0.39 is 0 Å². The van der Waals surface area contributed by atoms with Crippen LogP contribution in [0.5, 0.6) is 0 Å². The number of allylic oxidation sites excluding steroid dienone is 4. The van der Waals surface area contributed by atoms with Crippen molar-refractivity contribution in [2.45, 2.75) is 25.7 Å². The van der Waals surface area contributed by atoms with E-state index in [1.54, 1.807) is 27.4 Å². The summed E-state index contributed by atoms with van der Waals surface area (Å²) in [5, 5.41) is 5.27. The summed E-state index contributed by atoms with van der Waals surface area (Å²) >= 11 is 1.67. The Hall–Kier alpha value is -3.02. The Morgan fingerprint density at radius 3 is 1.49 bits per heavy atom. The molecule has 0 saturated heterocycles. The third-order valence-electron chi connectivity index (χ3n) is 6.46. The maximum atomic E-state index is 2.99. The molecule has 168 valence electrons. The Morgan fingerprint density at radius 2 is 1.14 bits per heavy atom. The number of hydrogen-bond donors (Lipinski definition) is 0. The van der Waals surface area contributed by atoms with Crippen molar-refractivity contribution in [2.24, 2.45) is 0 Å². The summed E-state index contributed by atoms with van der Waals surface area (Å²) in [6, 6.07) is 37.0. The van der Waals surface area contributed by atoms with Crippen LogP contribution in [0.25, 0.3) is 43.8 Å². The first-order chi connectivity index (χ1) is 17.3. The van der Waals surface area contributed by atoms with E-state index >= 15 is 0 Å². The van der Waals surface area contributed by atoms with Crippen LogP contribution in [0.4, 0.5) is 0 Å². The molecular formula is C34H28Zr. The zero-order chi connectivity index (χ0) is 23.9. The second-order valence-corrected chi connectivity index (χ2v) is 10.7. The Labute approximate surface area is 223 Å². The van der Waals surface area contributed by atoms with E-state index in [1.807, 2.05) is 12.2 Å². The second kappa shape index (κ2) is 11.6. The molecule has 5 aromatic rings. The van der Waals surface area contributed by atoms with Crippen molar-refractivity contribution in [3.05, 3.63) is 127 Å². The molecule has 0 heterocycles. The fourth-order valence-corrected chi connectivity index (χ4v) is 5.21. The van der Waals surface area contributed by atoms with Gasteiger partial charge in [-0.3, -0.25) is 6.08 Å². The van der Waals surface area contributed by atoms with E-state index in [4.69, 9.17) is 0 Å². The van der Waals surface area contributed by atoms with E-state index in [-0.39, 0.29) is 0 Å². The predicted octanol–water partition coefficient (Wildman–Crippen LogP) is 9.24. The van der Waals surface area contributed by atoms with Gasteiger partial charge in [-0.15, -0.1) is 46.2 Å². The van der Waals surface area contributed by atoms with Gasteiger partial charge >= 0.3 is 46.7 Å². The SMILES string of the molecule is [C-]1=CC=CC1.[Zr+2]=[C]1CCC1.c1ccc(-c2ccc3c(c2)[cH-]c2cc(-c4ccccc4)ccc23)cc1. The molecule has 2 aliphatic rings. The molecule has 0 aromatic heterocycles. The fraction of sp³-hybridized carbons (Fsp3) is 0.118. The molecule has 0 bridgehead atoms. The molecule has 0 atom stereocenters. The van der Waals surface area contributed by atoms with E-state index in [2.05, 4.69) is 115 Å². The van der Waals surface area contributed by atoms with Crippen molar-refractivity contribution in [3.63, 3.8) is 0 Å². The first kappa shape index (κ1) is 23.7. The van der Waals surface area contributed by atoms with Crippen LogP contribution < -0.4 is 0 Å². The monoisotopic (exact) mass is 526 g/mol. The van der Waals surface area contributed by atoms with Gasteiger partial charge in [0.2, 0.25) is 0 Å². The van der Waals surface area contributed by atoms with Gasteiger partial charge in [0.1, 0.15) is 0 Å². The summed E-state index contributed by atoms with van der Waals surface area (Å²) in [5.74, 6) is 0. The summed E-state index contributed by atoms with van der Waals surface area (Å²) in [4.78, 5) is 0. The molecule has 5 aromatic carbocycles. The largest absolute Gasteiger partial charge is 0.126 e. The Morgan fingerprint density at radius 1 is 0.629 bits per heavy atom. The molecule has 7 rings (SSSR count). The average Bonchev–Trinajstić information content (AvgIpc) is 3.60. The van der Waals surface area contributed by atoms with E-state index in [9.17, 15) is 0 Å². The summed E-state index contributed by atoms with van der Waals surface area (Å²) in [7, 11) is 0. The minimum atomic E-state index is 1.01. The average molecular weight is 528 g/mol. The van der Waals surface area contributed by atoms with Crippen molar-refractivity contribution < 1.29 is 24.2 Å². The van der Waals surface area contributed by atoms with Crippen molar-refractivity contribution in [2.75, 3.05) is 0 Å². The summed E-state index contributed by atoms with van der Waals surface area (Å²) in [6.45, 7) is 0. The molecule has 1 fully saturated rings. The van der Waals surface area contributed by atoms with Crippen LogP contribution in [0.3, 0.4) is 0 Å². The Bertz CT molecular complexity index is 1370. The minimum Gasteiger partial charge on any atom is -0.126 e. The zero-order valence-corrected chi connectivity index (χ0v) is 22.3. The maximum Gasteiger partial charge on any atom is -0.0259 e. The fourth-order valence-electron chi connectivity index (χ4n) is 4.34. The molecule has 35 heavy (non-hydrogen) atoms. The minimum absolute atomic E-state index is 1.01. The standard InChI is InChI=1S/C25H17.C5H5.C4H6.Zr/c1-3-7-18(8-4-1)20-11-13-24-22(15-20)17-23-16-21(12-14-25(23)24)19-9-5-2-6-10-19;1-2-4-5-3-1;1-2-4-3-1;/h1-17H;1-3H,4H2;1-3H2;/q2*-1;;+2. The molecule has 0 radical (unpaired) electrons. The first-order valence-corrected chi connectivity index (χ1v) is 13.5. The third-order valence-corrected chi connectivity index (χ3v) is 7.69. The van der Waals surface area contributed by atoms with Crippen molar-refractivity contribution in [3.8, 4) is 22.3 Å². The number of rotatable bonds is 2. The van der Waals surface area contributed by atoms with Crippen molar-refractivity contribution in [1.29, 1.82) is 0 Å². The zero-order valence-electron chi connectivity index (χ0n) is 19.9. The van der Waals surface area contributed by atoms with Gasteiger partial charge in [-0.2, -0.15) is 6.08 Å². The van der Waals surface area contributed by atoms with Crippen molar-refractivity contribution >= 4 is 24.8 Å². The van der Waals surface area contributed by atoms with Crippen LogP contribution in [0, 0.1) is 6.08 Å². The van der Waals surface area contributed by atoms with Gasteiger partial charge in [-0.1, -0.05) is 96.1 Å². The second-order valence-electron chi connectivity index (χ2n) is 8.94. The summed E-state index contributed by atoms with van der Waals surface area (Å²) in [6.07, 6.45) is 14.4. The topological polar surface area (TPSA) is 0 Å². The molecule has 0 unspecified atom stereocenters. The van der Waals surface area contributed by atoms with Crippen LogP contribution in [0.1, 0.15) is 25.7 Å². The molecule has 0 nitrogen and oxygen atoms in total. The van der Waals surface area contributed by atoms with Gasteiger partial charge < -0.3 is 0 Å². The molecule has 0 amide bonds. The van der Waals surface area contributed by atoms with Crippen LogP contribution in [0.15, 0.2) is 121 Å². The number of fused-ring (bicyclic) bond motifs is 3. The van der Waals surface area contributed by atoms with Crippen molar-refractivity contribution in [1.82, 2.24) is 0 Å². The van der Waals surface area contributed by atoms with E-state index in [0.29, 0.717) is 0 Å². The Kier molecular flexibility index (Phi) is 7.86. The summed E-state index contributed by atoms with van der Waals surface area (Å²) < 4.78 is 1.78. The molecule has 2 aliphatic carbocycles. The first-order valence-electron chi connectivity index (χ1n) is 12.3. The maximum absolute atomic E-state index is 2.99. The molecule has 0 N–H and O–H groups in total. The quantitative estimate of drug-likeness (QED) is 0.201. The van der Waals surface area contributed by atoms with Gasteiger partial charge in [-0.25, -0.2) is 12.2 Å². The number of hydrogen-bond acceptors (Lipinski definition) is 0. The molecule has 1 saturated carbocycles. The van der Waals surface area contributed by atoms with E-state index in [1.165, 1.54) is 63.1 Å². The van der Waals surface area contributed by atoms with Crippen LogP contribution in [-0.2, 0) is 24.2 Å².